The lowest BCUT2D eigenvalue weighted by molar-refractivity contribution is 0.0986. The maximum Gasteiger partial charge on any atom is 0.163 e. The molecule has 0 radical (unpaired) electrons. The lowest BCUT2D eigenvalue weighted by Crippen LogP contribution is -1.91. The molecule has 2 aliphatic rings. The summed E-state index contributed by atoms with van der Waals surface area (Å²) in [6.07, 6.45) is 2.60. The largest absolute Gasteiger partial charge is 0.294 e. The molecule has 4 heteroatoms. The summed E-state index contributed by atoms with van der Waals surface area (Å²) in [7, 11) is 0. The molecule has 0 N–H and O–H groups in total. The number of nitrogens with zero attached hydrogens (tertiary/aromatic N) is 2. The zero-order valence-corrected chi connectivity index (χ0v) is 13.0. The first-order chi connectivity index (χ1) is 11.7. The van der Waals surface area contributed by atoms with Gasteiger partial charge in [-0.3, -0.25) is 9.59 Å². The Morgan fingerprint density at radius 2 is 1.08 bits per heavy atom. The highest BCUT2D eigenvalue weighted by Gasteiger charge is 2.22. The highest BCUT2D eigenvalue weighted by Crippen LogP contribution is 2.25. The molecule has 0 saturated carbocycles. The van der Waals surface area contributed by atoms with Crippen molar-refractivity contribution in [1.82, 2.24) is 0 Å². The van der Waals surface area contributed by atoms with Crippen LogP contribution < -0.4 is 0 Å². The number of hydrogen-bond acceptors (Lipinski definition) is 4. The third kappa shape index (κ3) is 2.71. The average Bonchev–Trinajstić information content (AvgIpc) is 3.19. The van der Waals surface area contributed by atoms with E-state index in [1.54, 1.807) is 36.4 Å². The van der Waals surface area contributed by atoms with E-state index in [0.29, 0.717) is 24.0 Å². The van der Waals surface area contributed by atoms with Gasteiger partial charge in [-0.2, -0.15) is 10.5 Å². The number of fused-ring (bicyclic) bond motifs is 2. The molecule has 0 spiro atoms. The molecule has 0 saturated heterocycles. The summed E-state index contributed by atoms with van der Waals surface area (Å²) in [5.41, 5.74) is 4.66. The van der Waals surface area contributed by atoms with Gasteiger partial charge in [-0.1, -0.05) is 24.3 Å². The van der Waals surface area contributed by atoms with Gasteiger partial charge in [-0.25, -0.2) is 0 Å². The molecule has 0 bridgehead atoms. The van der Waals surface area contributed by atoms with Crippen LogP contribution in [0.15, 0.2) is 36.4 Å². The van der Waals surface area contributed by atoms with Crippen molar-refractivity contribution in [3.8, 4) is 12.1 Å². The summed E-state index contributed by atoms with van der Waals surface area (Å²) in [6.45, 7) is 0. The van der Waals surface area contributed by atoms with Crippen LogP contribution in [0.1, 0.15) is 55.8 Å². The second-order valence-electron chi connectivity index (χ2n) is 5.73. The van der Waals surface area contributed by atoms with Crippen molar-refractivity contribution in [2.24, 2.45) is 0 Å². The first kappa shape index (κ1) is 15.6. The van der Waals surface area contributed by atoms with Crippen LogP contribution in [0.25, 0.3) is 0 Å². The zero-order chi connectivity index (χ0) is 17.1. The summed E-state index contributed by atoms with van der Waals surface area (Å²) in [5.74, 6) is 0.337. The van der Waals surface area contributed by atoms with Gasteiger partial charge in [0.2, 0.25) is 0 Å². The molecule has 116 valence electrons. The van der Waals surface area contributed by atoms with E-state index >= 15 is 0 Å². The van der Waals surface area contributed by atoms with Crippen molar-refractivity contribution in [3.05, 3.63) is 69.8 Å². The summed E-state index contributed by atoms with van der Waals surface area (Å²) in [6, 6.07) is 14.8. The summed E-state index contributed by atoms with van der Waals surface area (Å²) in [5, 5.41) is 17.5. The first-order valence-corrected chi connectivity index (χ1v) is 7.76. The Morgan fingerprint density at radius 1 is 0.667 bits per heavy atom. The lowest BCUT2D eigenvalue weighted by atomic mass is 10.0. The van der Waals surface area contributed by atoms with Gasteiger partial charge in [0.15, 0.2) is 11.6 Å². The van der Waals surface area contributed by atoms with Crippen molar-refractivity contribution in [3.63, 3.8) is 0 Å². The van der Waals surface area contributed by atoms with E-state index in [4.69, 9.17) is 10.5 Å². The molecule has 0 unspecified atom stereocenters. The van der Waals surface area contributed by atoms with Crippen molar-refractivity contribution < 1.29 is 9.59 Å². The summed E-state index contributed by atoms with van der Waals surface area (Å²) >= 11 is 0. The standard InChI is InChI=1S/2C10H7NO/c2*11-6-7-2-1-3-9-8(7)4-5-10(9)12/h2*1-3H,4-5H2. The van der Waals surface area contributed by atoms with Crippen molar-refractivity contribution in [2.45, 2.75) is 25.7 Å². The molecular weight excluding hydrogens is 300 g/mol. The molecule has 4 rings (SSSR count). The van der Waals surface area contributed by atoms with Crippen LogP contribution in [0.5, 0.6) is 0 Å². The lowest BCUT2D eigenvalue weighted by Gasteiger charge is -1.97. The van der Waals surface area contributed by atoms with Gasteiger partial charge in [0.1, 0.15) is 0 Å². The van der Waals surface area contributed by atoms with Gasteiger partial charge in [-0.15, -0.1) is 0 Å². The van der Waals surface area contributed by atoms with E-state index in [1.807, 2.05) is 0 Å². The number of ketones is 2. The molecular formula is C20H14N2O2. The van der Waals surface area contributed by atoms with Gasteiger partial charge in [0, 0.05) is 24.0 Å². The molecule has 24 heavy (non-hydrogen) atoms. The van der Waals surface area contributed by atoms with Crippen LogP contribution in [0.3, 0.4) is 0 Å². The van der Waals surface area contributed by atoms with E-state index in [-0.39, 0.29) is 11.6 Å². The SMILES string of the molecule is N#Cc1cccc2c1CCC2=O.N#Cc1cccc2c1CCC2=O. The molecule has 2 aliphatic carbocycles. The molecule has 0 fully saturated rings. The summed E-state index contributed by atoms with van der Waals surface area (Å²) < 4.78 is 0. The Bertz CT molecular complexity index is 852. The quantitative estimate of drug-likeness (QED) is 0.746. The van der Waals surface area contributed by atoms with Crippen molar-refractivity contribution in [1.29, 1.82) is 10.5 Å². The van der Waals surface area contributed by atoms with E-state index in [9.17, 15) is 9.59 Å². The summed E-state index contributed by atoms with van der Waals surface area (Å²) in [4.78, 5) is 22.4. The van der Waals surface area contributed by atoms with E-state index in [0.717, 1.165) is 35.1 Å². The number of carbonyl (C=O) groups is 2. The Kier molecular flexibility index (Phi) is 4.22. The number of Topliss-reactive ketones (excluding diaryl/α,β-unsaturated/α-hetero) is 2. The molecule has 4 nitrogen and oxygen atoms in total. The first-order valence-electron chi connectivity index (χ1n) is 7.76. The Morgan fingerprint density at radius 3 is 1.46 bits per heavy atom. The fourth-order valence-corrected chi connectivity index (χ4v) is 3.19. The second kappa shape index (κ2) is 6.48. The van der Waals surface area contributed by atoms with Gasteiger partial charge >= 0.3 is 0 Å². The monoisotopic (exact) mass is 314 g/mol. The number of rotatable bonds is 0. The fourth-order valence-electron chi connectivity index (χ4n) is 3.19. The highest BCUT2D eigenvalue weighted by molar-refractivity contribution is 6.01. The van der Waals surface area contributed by atoms with Gasteiger partial charge in [0.05, 0.1) is 23.3 Å². The van der Waals surface area contributed by atoms with Crippen LogP contribution in [0.4, 0.5) is 0 Å². The minimum absolute atomic E-state index is 0.169. The van der Waals surface area contributed by atoms with E-state index in [2.05, 4.69) is 12.1 Å². The normalized spacial score (nSPS) is 14.1. The minimum atomic E-state index is 0.169. The average molecular weight is 314 g/mol. The topological polar surface area (TPSA) is 81.7 Å². The molecule has 0 aliphatic heterocycles. The maximum atomic E-state index is 11.2. The third-order valence-electron chi connectivity index (χ3n) is 4.40. The zero-order valence-electron chi connectivity index (χ0n) is 13.0. The van der Waals surface area contributed by atoms with Crippen LogP contribution in [-0.2, 0) is 12.8 Å². The fraction of sp³-hybridized carbons (Fsp3) is 0.200. The number of benzene rings is 2. The Balaban J connectivity index is 0.000000141. The number of carbonyl (C=O) groups excluding carboxylic acids is 2. The Labute approximate surface area is 140 Å². The van der Waals surface area contributed by atoms with Gasteiger partial charge < -0.3 is 0 Å². The van der Waals surface area contributed by atoms with Crippen molar-refractivity contribution in [2.75, 3.05) is 0 Å². The smallest absolute Gasteiger partial charge is 0.163 e. The van der Waals surface area contributed by atoms with E-state index < -0.39 is 0 Å². The van der Waals surface area contributed by atoms with Crippen LogP contribution in [-0.4, -0.2) is 11.6 Å². The molecule has 0 atom stereocenters. The minimum Gasteiger partial charge on any atom is -0.294 e. The van der Waals surface area contributed by atoms with Crippen molar-refractivity contribution >= 4 is 11.6 Å². The number of hydrogen-bond donors (Lipinski definition) is 0. The van der Waals surface area contributed by atoms with Gasteiger partial charge in [0.25, 0.3) is 0 Å². The molecule has 2 aromatic carbocycles. The molecule has 0 amide bonds. The van der Waals surface area contributed by atoms with Crippen LogP contribution in [0, 0.1) is 22.7 Å². The predicted octanol–water partition coefficient (Wildman–Crippen LogP) is 3.37. The van der Waals surface area contributed by atoms with Crippen LogP contribution in [0.2, 0.25) is 0 Å². The Hall–Kier alpha value is -3.24. The predicted molar refractivity (Wildman–Crippen MR) is 87.6 cm³/mol. The van der Waals surface area contributed by atoms with Crippen LogP contribution >= 0.6 is 0 Å². The molecule has 2 aromatic rings. The van der Waals surface area contributed by atoms with Gasteiger partial charge in [-0.05, 0) is 36.1 Å². The molecule has 0 aromatic heterocycles. The highest BCUT2D eigenvalue weighted by atomic mass is 16.1. The second-order valence-corrected chi connectivity index (χ2v) is 5.73. The molecule has 0 heterocycles. The maximum absolute atomic E-state index is 11.2. The third-order valence-corrected chi connectivity index (χ3v) is 4.40. The number of nitriles is 2. The van der Waals surface area contributed by atoms with E-state index in [1.165, 1.54) is 0 Å².